The smallest absolute Gasteiger partial charge is 0.253 e. The molecule has 0 fully saturated rings. The normalized spacial score (nSPS) is 14.0. The highest BCUT2D eigenvalue weighted by Crippen LogP contribution is 2.28. The monoisotopic (exact) mass is 388 g/mol. The highest BCUT2D eigenvalue weighted by atomic mass is 35.5. The molecule has 1 heterocycles. The van der Waals surface area contributed by atoms with Crippen LogP contribution in [0.2, 0.25) is 5.02 Å². The zero-order valence-corrected chi connectivity index (χ0v) is 16.1. The fourth-order valence-electron chi connectivity index (χ4n) is 3.13. The number of halogens is 1. The Kier molecular flexibility index (Phi) is 6.22. The Morgan fingerprint density at radius 3 is 2.69 bits per heavy atom. The fourth-order valence-corrected chi connectivity index (χ4v) is 3.82. The summed E-state index contributed by atoms with van der Waals surface area (Å²) in [5, 5.41) is 3.27. The number of hydrogen-bond acceptors (Lipinski definition) is 3. The molecule has 1 aliphatic rings. The molecule has 0 aromatic heterocycles. The van der Waals surface area contributed by atoms with Crippen LogP contribution in [0.25, 0.3) is 0 Å². The third-order valence-corrected chi connectivity index (χ3v) is 5.46. The molecule has 3 rings (SSSR count). The molecule has 4 nitrogen and oxygen atoms in total. The Morgan fingerprint density at radius 2 is 1.92 bits per heavy atom. The average molecular weight is 389 g/mol. The van der Waals surface area contributed by atoms with Crippen LogP contribution < -0.4 is 10.2 Å². The van der Waals surface area contributed by atoms with Gasteiger partial charge in [-0.3, -0.25) is 9.59 Å². The van der Waals surface area contributed by atoms with Crippen LogP contribution in [0.4, 0.5) is 5.69 Å². The van der Waals surface area contributed by atoms with Crippen molar-refractivity contribution in [2.45, 2.75) is 18.9 Å². The van der Waals surface area contributed by atoms with E-state index in [-0.39, 0.29) is 11.8 Å². The van der Waals surface area contributed by atoms with Gasteiger partial charge in [0.15, 0.2) is 0 Å². The van der Waals surface area contributed by atoms with Crippen molar-refractivity contribution < 1.29 is 9.59 Å². The third-order valence-electron chi connectivity index (χ3n) is 4.49. The summed E-state index contributed by atoms with van der Waals surface area (Å²) in [7, 11) is 0. The molecular weight excluding hydrogens is 368 g/mol. The molecule has 1 N–H and O–H groups in total. The van der Waals surface area contributed by atoms with Crippen molar-refractivity contribution in [3.8, 4) is 0 Å². The number of thioether (sulfide) groups is 1. The summed E-state index contributed by atoms with van der Waals surface area (Å²) in [6, 6.07) is 14.2. The van der Waals surface area contributed by atoms with Crippen LogP contribution in [-0.2, 0) is 11.2 Å². The maximum absolute atomic E-state index is 13.1. The standard InChI is InChI=1S/C20H21ClN2O2S/c1-26-13-11-17(22-19(24)15-7-3-4-8-16(15)21)20(25)23-12-10-14-6-2-5-9-18(14)23/h2-9,17H,10-13H2,1H3,(H,22,24). The summed E-state index contributed by atoms with van der Waals surface area (Å²) in [6.45, 7) is 0.649. The molecule has 0 aliphatic carbocycles. The van der Waals surface area contributed by atoms with E-state index in [9.17, 15) is 9.59 Å². The van der Waals surface area contributed by atoms with Crippen LogP contribution in [0.5, 0.6) is 0 Å². The fraction of sp³-hybridized carbons (Fsp3) is 0.300. The molecule has 0 saturated carbocycles. The second-order valence-corrected chi connectivity index (χ2v) is 7.55. The minimum atomic E-state index is -0.572. The van der Waals surface area contributed by atoms with Gasteiger partial charge in [-0.1, -0.05) is 41.9 Å². The number of para-hydroxylation sites is 1. The lowest BCUT2D eigenvalue weighted by Gasteiger charge is -2.25. The number of rotatable bonds is 6. The van der Waals surface area contributed by atoms with Crippen molar-refractivity contribution in [1.82, 2.24) is 5.32 Å². The maximum Gasteiger partial charge on any atom is 0.253 e. The van der Waals surface area contributed by atoms with Gasteiger partial charge in [0.25, 0.3) is 5.91 Å². The van der Waals surface area contributed by atoms with Crippen molar-refractivity contribution in [2.75, 3.05) is 23.5 Å². The van der Waals surface area contributed by atoms with Crippen molar-refractivity contribution in [1.29, 1.82) is 0 Å². The first kappa shape index (κ1) is 18.8. The van der Waals surface area contributed by atoms with Crippen LogP contribution in [0, 0.1) is 0 Å². The molecule has 2 aromatic carbocycles. The van der Waals surface area contributed by atoms with E-state index in [1.165, 1.54) is 5.56 Å². The predicted molar refractivity (Wildman–Crippen MR) is 108 cm³/mol. The summed E-state index contributed by atoms with van der Waals surface area (Å²) in [5.74, 6) is 0.404. The van der Waals surface area contributed by atoms with E-state index in [0.29, 0.717) is 23.6 Å². The number of hydrogen-bond donors (Lipinski definition) is 1. The third kappa shape index (κ3) is 4.05. The maximum atomic E-state index is 13.1. The quantitative estimate of drug-likeness (QED) is 0.819. The van der Waals surface area contributed by atoms with E-state index in [1.54, 1.807) is 40.9 Å². The lowest BCUT2D eigenvalue weighted by Crippen LogP contribution is -2.48. The molecule has 6 heteroatoms. The number of nitrogens with one attached hydrogen (secondary N) is 1. The van der Waals surface area contributed by atoms with Gasteiger partial charge >= 0.3 is 0 Å². The number of nitrogens with zero attached hydrogens (tertiary/aromatic N) is 1. The van der Waals surface area contributed by atoms with E-state index in [2.05, 4.69) is 5.32 Å². The minimum absolute atomic E-state index is 0.0654. The largest absolute Gasteiger partial charge is 0.340 e. The molecule has 0 radical (unpaired) electrons. The highest BCUT2D eigenvalue weighted by Gasteiger charge is 2.31. The Morgan fingerprint density at radius 1 is 1.19 bits per heavy atom. The number of amides is 2. The van der Waals surface area contributed by atoms with Crippen LogP contribution in [0.3, 0.4) is 0 Å². The molecule has 136 valence electrons. The molecule has 1 aliphatic heterocycles. The van der Waals surface area contributed by atoms with E-state index in [0.717, 1.165) is 17.9 Å². The van der Waals surface area contributed by atoms with E-state index >= 15 is 0 Å². The van der Waals surface area contributed by atoms with Gasteiger partial charge in [-0.05, 0) is 48.6 Å². The van der Waals surface area contributed by atoms with Gasteiger partial charge in [0.1, 0.15) is 6.04 Å². The van der Waals surface area contributed by atoms with Gasteiger partial charge in [0.05, 0.1) is 10.6 Å². The molecule has 2 aromatic rings. The zero-order chi connectivity index (χ0) is 18.5. The van der Waals surface area contributed by atoms with Crippen molar-refractivity contribution in [3.63, 3.8) is 0 Å². The first-order valence-corrected chi connectivity index (χ1v) is 10.3. The number of fused-ring (bicyclic) bond motifs is 1. The Bertz CT molecular complexity index is 812. The van der Waals surface area contributed by atoms with Gasteiger partial charge in [0, 0.05) is 12.2 Å². The van der Waals surface area contributed by atoms with Gasteiger partial charge in [-0.15, -0.1) is 0 Å². The molecule has 0 spiro atoms. The first-order chi connectivity index (χ1) is 12.6. The van der Waals surface area contributed by atoms with Crippen LogP contribution in [-0.4, -0.2) is 36.4 Å². The van der Waals surface area contributed by atoms with Crippen molar-refractivity contribution >= 4 is 40.9 Å². The molecule has 0 bridgehead atoms. The number of carbonyl (C=O) groups excluding carboxylic acids is 2. The van der Waals surface area contributed by atoms with E-state index in [4.69, 9.17) is 11.6 Å². The lowest BCUT2D eigenvalue weighted by atomic mass is 10.1. The average Bonchev–Trinajstić information content (AvgIpc) is 3.09. The van der Waals surface area contributed by atoms with Crippen LogP contribution in [0.1, 0.15) is 22.3 Å². The van der Waals surface area contributed by atoms with E-state index < -0.39 is 6.04 Å². The van der Waals surface area contributed by atoms with Gasteiger partial charge < -0.3 is 10.2 Å². The zero-order valence-electron chi connectivity index (χ0n) is 14.6. The highest BCUT2D eigenvalue weighted by molar-refractivity contribution is 7.98. The first-order valence-electron chi connectivity index (χ1n) is 8.55. The molecule has 2 amide bonds. The summed E-state index contributed by atoms with van der Waals surface area (Å²) < 4.78 is 0. The second-order valence-electron chi connectivity index (χ2n) is 6.16. The van der Waals surface area contributed by atoms with E-state index in [1.807, 2.05) is 30.5 Å². The van der Waals surface area contributed by atoms with Gasteiger partial charge in [0.2, 0.25) is 5.91 Å². The van der Waals surface area contributed by atoms with Gasteiger partial charge in [-0.2, -0.15) is 11.8 Å². The van der Waals surface area contributed by atoms with Crippen LogP contribution in [0.15, 0.2) is 48.5 Å². The molecular formula is C20H21ClN2O2S. The lowest BCUT2D eigenvalue weighted by molar-refractivity contribution is -0.120. The van der Waals surface area contributed by atoms with Crippen molar-refractivity contribution in [2.24, 2.45) is 0 Å². The predicted octanol–water partition coefficient (Wildman–Crippen LogP) is 3.78. The Balaban J connectivity index is 1.79. The number of anilines is 1. The Hall–Kier alpha value is -1.98. The summed E-state index contributed by atoms with van der Waals surface area (Å²) in [4.78, 5) is 27.6. The summed E-state index contributed by atoms with van der Waals surface area (Å²) in [6.07, 6.45) is 3.41. The second kappa shape index (κ2) is 8.60. The van der Waals surface area contributed by atoms with Crippen molar-refractivity contribution in [3.05, 3.63) is 64.7 Å². The molecule has 1 unspecified atom stereocenters. The van der Waals surface area contributed by atoms with Crippen LogP contribution >= 0.6 is 23.4 Å². The van der Waals surface area contributed by atoms with Gasteiger partial charge in [-0.25, -0.2) is 0 Å². The topological polar surface area (TPSA) is 49.4 Å². The minimum Gasteiger partial charge on any atom is -0.340 e. The number of benzene rings is 2. The number of carbonyl (C=O) groups is 2. The Labute approximate surface area is 162 Å². The summed E-state index contributed by atoms with van der Waals surface area (Å²) >= 11 is 7.77. The molecule has 26 heavy (non-hydrogen) atoms. The summed E-state index contributed by atoms with van der Waals surface area (Å²) in [5.41, 5.74) is 2.50. The SMILES string of the molecule is CSCCC(NC(=O)c1ccccc1Cl)C(=O)N1CCc2ccccc21. The molecule has 0 saturated heterocycles. The molecule has 1 atom stereocenters.